The summed E-state index contributed by atoms with van der Waals surface area (Å²) in [6.45, 7) is 3.67. The second-order valence-corrected chi connectivity index (χ2v) is 7.07. The minimum absolute atomic E-state index is 0.0352. The van der Waals surface area contributed by atoms with E-state index in [1.165, 1.54) is 12.1 Å². The Kier molecular flexibility index (Phi) is 4.65. The number of nitrogens with one attached hydrogen (secondary N) is 2. The number of primary sulfonamides is 1. The van der Waals surface area contributed by atoms with Crippen LogP contribution in [0, 0.1) is 0 Å². The highest BCUT2D eigenvalue weighted by Gasteiger charge is 2.26. The number of sulfonamides is 1. The van der Waals surface area contributed by atoms with Gasteiger partial charge in [0.05, 0.1) is 10.9 Å². The zero-order valence-electron chi connectivity index (χ0n) is 12.2. The second kappa shape index (κ2) is 6.13. The Balaban J connectivity index is 2.02. The number of carbonyl (C=O) groups is 1. The fourth-order valence-electron chi connectivity index (χ4n) is 2.06. The van der Waals surface area contributed by atoms with Crippen molar-refractivity contribution in [2.24, 2.45) is 5.14 Å². The molecule has 0 spiro atoms. The molecule has 0 aromatic heterocycles. The van der Waals surface area contributed by atoms with Gasteiger partial charge in [-0.05, 0) is 44.4 Å². The molecule has 2 atom stereocenters. The quantitative estimate of drug-likeness (QED) is 0.718. The van der Waals surface area contributed by atoms with Gasteiger partial charge in [-0.3, -0.25) is 10.1 Å². The van der Waals surface area contributed by atoms with Crippen molar-refractivity contribution in [3.8, 4) is 0 Å². The number of rotatable bonds is 6. The Morgan fingerprint density at radius 3 is 2.57 bits per heavy atom. The van der Waals surface area contributed by atoms with E-state index in [1.807, 2.05) is 6.92 Å². The summed E-state index contributed by atoms with van der Waals surface area (Å²) in [6.07, 6.45) is 2.09. The second-order valence-electron chi connectivity index (χ2n) is 5.51. The SMILES string of the molecule is CC(NC(C)c1cccc(S(N)(=O)=O)c1)C(=O)NC1CC1. The van der Waals surface area contributed by atoms with E-state index in [9.17, 15) is 13.2 Å². The van der Waals surface area contributed by atoms with Crippen molar-refractivity contribution >= 4 is 15.9 Å². The van der Waals surface area contributed by atoms with Crippen LogP contribution in [-0.4, -0.2) is 26.4 Å². The summed E-state index contributed by atoms with van der Waals surface area (Å²) in [6, 6.07) is 6.24. The smallest absolute Gasteiger partial charge is 0.238 e. The van der Waals surface area contributed by atoms with Gasteiger partial charge in [0.25, 0.3) is 0 Å². The summed E-state index contributed by atoms with van der Waals surface area (Å²) >= 11 is 0. The highest BCUT2D eigenvalue weighted by Crippen LogP contribution is 2.20. The molecule has 0 radical (unpaired) electrons. The molecule has 0 bridgehead atoms. The Hall–Kier alpha value is -1.44. The molecule has 1 aromatic carbocycles. The predicted octanol–water partition coefficient (Wildman–Crippen LogP) is 0.652. The van der Waals surface area contributed by atoms with Crippen LogP contribution in [0.2, 0.25) is 0 Å². The maximum absolute atomic E-state index is 11.9. The Labute approximate surface area is 125 Å². The van der Waals surface area contributed by atoms with Gasteiger partial charge in [0.2, 0.25) is 15.9 Å². The van der Waals surface area contributed by atoms with Gasteiger partial charge in [0, 0.05) is 12.1 Å². The largest absolute Gasteiger partial charge is 0.352 e. The van der Waals surface area contributed by atoms with E-state index in [0.29, 0.717) is 6.04 Å². The van der Waals surface area contributed by atoms with Gasteiger partial charge in [0.1, 0.15) is 0 Å². The lowest BCUT2D eigenvalue weighted by molar-refractivity contribution is -0.123. The minimum Gasteiger partial charge on any atom is -0.352 e. The van der Waals surface area contributed by atoms with Crippen LogP contribution in [0.4, 0.5) is 0 Å². The molecule has 116 valence electrons. The molecule has 7 heteroatoms. The van der Waals surface area contributed by atoms with E-state index in [4.69, 9.17) is 5.14 Å². The Morgan fingerprint density at radius 2 is 2.00 bits per heavy atom. The first-order valence-electron chi connectivity index (χ1n) is 6.96. The standard InChI is InChI=1S/C14H21N3O3S/c1-9(16-10(2)14(18)17-12-6-7-12)11-4-3-5-13(8-11)21(15,19)20/h3-5,8-10,12,16H,6-7H2,1-2H3,(H,17,18)(H2,15,19,20). The highest BCUT2D eigenvalue weighted by molar-refractivity contribution is 7.89. The third-order valence-corrected chi connectivity index (χ3v) is 4.41. The molecule has 0 saturated heterocycles. The third-order valence-electron chi connectivity index (χ3n) is 3.50. The number of benzene rings is 1. The van der Waals surface area contributed by atoms with E-state index in [-0.39, 0.29) is 22.9 Å². The number of hydrogen-bond donors (Lipinski definition) is 3. The number of amides is 1. The van der Waals surface area contributed by atoms with Gasteiger partial charge in [-0.2, -0.15) is 0 Å². The molecule has 1 aromatic rings. The average molecular weight is 311 g/mol. The maximum Gasteiger partial charge on any atom is 0.238 e. The van der Waals surface area contributed by atoms with Crippen LogP contribution in [0.25, 0.3) is 0 Å². The zero-order valence-corrected chi connectivity index (χ0v) is 13.0. The van der Waals surface area contributed by atoms with E-state index >= 15 is 0 Å². The molecule has 0 heterocycles. The first-order chi connectivity index (χ1) is 9.77. The van der Waals surface area contributed by atoms with E-state index < -0.39 is 10.0 Å². The maximum atomic E-state index is 11.9. The normalized spacial score (nSPS) is 18.0. The highest BCUT2D eigenvalue weighted by atomic mass is 32.2. The molecule has 1 saturated carbocycles. The fourth-order valence-corrected chi connectivity index (χ4v) is 2.63. The molecule has 1 aliphatic rings. The van der Waals surface area contributed by atoms with Crippen molar-refractivity contribution in [2.45, 2.75) is 49.7 Å². The van der Waals surface area contributed by atoms with Crippen LogP contribution in [0.3, 0.4) is 0 Å². The van der Waals surface area contributed by atoms with E-state index in [1.54, 1.807) is 19.1 Å². The Bertz CT molecular complexity index is 626. The predicted molar refractivity (Wildman–Crippen MR) is 80.0 cm³/mol. The lowest BCUT2D eigenvalue weighted by atomic mass is 10.1. The topological polar surface area (TPSA) is 101 Å². The van der Waals surface area contributed by atoms with Gasteiger partial charge < -0.3 is 5.32 Å². The van der Waals surface area contributed by atoms with Crippen molar-refractivity contribution in [3.05, 3.63) is 29.8 Å². The van der Waals surface area contributed by atoms with E-state index in [0.717, 1.165) is 18.4 Å². The van der Waals surface area contributed by atoms with Crippen LogP contribution in [0.5, 0.6) is 0 Å². The summed E-state index contributed by atoms with van der Waals surface area (Å²) in [5, 5.41) is 11.2. The van der Waals surface area contributed by atoms with Crippen molar-refractivity contribution in [1.29, 1.82) is 0 Å². The molecule has 4 N–H and O–H groups in total. The lowest BCUT2D eigenvalue weighted by Crippen LogP contribution is -2.43. The van der Waals surface area contributed by atoms with Crippen LogP contribution in [-0.2, 0) is 14.8 Å². The van der Waals surface area contributed by atoms with Gasteiger partial charge in [-0.1, -0.05) is 12.1 Å². The molecular formula is C14H21N3O3S. The summed E-state index contributed by atoms with van der Waals surface area (Å²) in [5.41, 5.74) is 0.771. The molecular weight excluding hydrogens is 290 g/mol. The summed E-state index contributed by atoms with van der Waals surface area (Å²) in [7, 11) is -3.72. The number of nitrogens with two attached hydrogens (primary N) is 1. The van der Waals surface area contributed by atoms with Crippen molar-refractivity contribution < 1.29 is 13.2 Å². The monoisotopic (exact) mass is 311 g/mol. The molecule has 21 heavy (non-hydrogen) atoms. The molecule has 2 rings (SSSR count). The zero-order chi connectivity index (χ0) is 15.6. The Morgan fingerprint density at radius 1 is 1.33 bits per heavy atom. The van der Waals surface area contributed by atoms with Gasteiger partial charge >= 0.3 is 0 Å². The van der Waals surface area contributed by atoms with Crippen LogP contribution in [0.1, 0.15) is 38.3 Å². The van der Waals surface area contributed by atoms with Crippen LogP contribution >= 0.6 is 0 Å². The summed E-state index contributed by atoms with van der Waals surface area (Å²) in [5.74, 6) is -0.0352. The minimum atomic E-state index is -3.72. The molecule has 2 unspecified atom stereocenters. The van der Waals surface area contributed by atoms with E-state index in [2.05, 4.69) is 10.6 Å². The third kappa shape index (κ3) is 4.52. The van der Waals surface area contributed by atoms with Crippen molar-refractivity contribution in [2.75, 3.05) is 0 Å². The molecule has 1 aliphatic carbocycles. The lowest BCUT2D eigenvalue weighted by Gasteiger charge is -2.20. The van der Waals surface area contributed by atoms with Crippen molar-refractivity contribution in [3.63, 3.8) is 0 Å². The first-order valence-corrected chi connectivity index (χ1v) is 8.51. The number of carbonyl (C=O) groups excluding carboxylic acids is 1. The number of hydrogen-bond acceptors (Lipinski definition) is 4. The molecule has 6 nitrogen and oxygen atoms in total. The van der Waals surface area contributed by atoms with Crippen LogP contribution < -0.4 is 15.8 Å². The molecule has 1 amide bonds. The molecule has 1 fully saturated rings. The van der Waals surface area contributed by atoms with Crippen LogP contribution in [0.15, 0.2) is 29.2 Å². The first kappa shape index (κ1) is 15.9. The average Bonchev–Trinajstić information content (AvgIpc) is 3.21. The molecule has 0 aliphatic heterocycles. The van der Waals surface area contributed by atoms with Gasteiger partial charge in [0.15, 0.2) is 0 Å². The summed E-state index contributed by atoms with van der Waals surface area (Å²) < 4.78 is 22.7. The van der Waals surface area contributed by atoms with Gasteiger partial charge in [-0.25, -0.2) is 13.6 Å². The van der Waals surface area contributed by atoms with Crippen molar-refractivity contribution in [1.82, 2.24) is 10.6 Å². The summed E-state index contributed by atoms with van der Waals surface area (Å²) in [4.78, 5) is 12.0. The fraction of sp³-hybridized carbons (Fsp3) is 0.500. The van der Waals surface area contributed by atoms with Gasteiger partial charge in [-0.15, -0.1) is 0 Å².